The molecule has 1 atom stereocenters. The summed E-state index contributed by atoms with van der Waals surface area (Å²) in [6.07, 6.45) is 1.07. The van der Waals surface area contributed by atoms with Gasteiger partial charge in [-0.05, 0) is 38.0 Å². The predicted octanol–water partition coefficient (Wildman–Crippen LogP) is 1.69. The van der Waals surface area contributed by atoms with Gasteiger partial charge in [-0.2, -0.15) is 0 Å². The SMILES string of the molecule is CCC(C)(CCO)NC(=O)c1ccc(N)cc1F. The molecule has 5 heteroatoms. The minimum absolute atomic E-state index is 0.0329. The smallest absolute Gasteiger partial charge is 0.254 e. The number of aliphatic hydroxyl groups is 1. The monoisotopic (exact) mass is 254 g/mol. The fourth-order valence-electron chi connectivity index (χ4n) is 1.63. The zero-order valence-electron chi connectivity index (χ0n) is 10.7. The van der Waals surface area contributed by atoms with Crippen molar-refractivity contribution in [1.82, 2.24) is 5.32 Å². The lowest BCUT2D eigenvalue weighted by atomic mass is 9.94. The standard InChI is InChI=1S/C13H19FN2O2/c1-3-13(2,6-7-17)16-12(18)10-5-4-9(15)8-11(10)14/h4-5,8,17H,3,6-7,15H2,1-2H3,(H,16,18). The second-order valence-corrected chi connectivity index (χ2v) is 4.58. The largest absolute Gasteiger partial charge is 0.399 e. The Labute approximate surface area is 106 Å². The van der Waals surface area contributed by atoms with Gasteiger partial charge in [-0.15, -0.1) is 0 Å². The van der Waals surface area contributed by atoms with E-state index in [9.17, 15) is 9.18 Å². The van der Waals surface area contributed by atoms with Crippen LogP contribution in [0.5, 0.6) is 0 Å². The van der Waals surface area contributed by atoms with E-state index in [2.05, 4.69) is 5.32 Å². The van der Waals surface area contributed by atoms with Crippen molar-refractivity contribution < 1.29 is 14.3 Å². The van der Waals surface area contributed by atoms with Crippen molar-refractivity contribution in [2.24, 2.45) is 0 Å². The first kappa shape index (κ1) is 14.4. The van der Waals surface area contributed by atoms with Gasteiger partial charge >= 0.3 is 0 Å². The molecule has 0 radical (unpaired) electrons. The summed E-state index contributed by atoms with van der Waals surface area (Å²) in [4.78, 5) is 12.0. The third-order valence-corrected chi connectivity index (χ3v) is 3.10. The molecule has 0 fully saturated rings. The molecular weight excluding hydrogens is 235 g/mol. The third kappa shape index (κ3) is 3.43. The van der Waals surface area contributed by atoms with Crippen LogP contribution in [0.15, 0.2) is 18.2 Å². The van der Waals surface area contributed by atoms with Crippen molar-refractivity contribution in [3.8, 4) is 0 Å². The molecule has 1 amide bonds. The van der Waals surface area contributed by atoms with E-state index in [-0.39, 0.29) is 17.9 Å². The summed E-state index contributed by atoms with van der Waals surface area (Å²) >= 11 is 0. The predicted molar refractivity (Wildman–Crippen MR) is 68.7 cm³/mol. The molecule has 0 aromatic heterocycles. The number of benzene rings is 1. The number of nitrogens with one attached hydrogen (secondary N) is 1. The third-order valence-electron chi connectivity index (χ3n) is 3.10. The summed E-state index contributed by atoms with van der Waals surface area (Å²) in [5.74, 6) is -1.14. The molecule has 0 aliphatic heterocycles. The number of nitrogens with two attached hydrogens (primary N) is 1. The fraction of sp³-hybridized carbons (Fsp3) is 0.462. The van der Waals surface area contributed by atoms with Crippen LogP contribution in [-0.2, 0) is 0 Å². The molecule has 1 aromatic rings. The van der Waals surface area contributed by atoms with Gasteiger partial charge in [0.2, 0.25) is 0 Å². The molecular formula is C13H19FN2O2. The van der Waals surface area contributed by atoms with Crippen molar-refractivity contribution in [3.63, 3.8) is 0 Å². The summed E-state index contributed by atoms with van der Waals surface area (Å²) in [5, 5.41) is 11.7. The summed E-state index contributed by atoms with van der Waals surface area (Å²) in [6, 6.07) is 3.95. The molecule has 4 nitrogen and oxygen atoms in total. The molecule has 18 heavy (non-hydrogen) atoms. The minimum Gasteiger partial charge on any atom is -0.399 e. The van der Waals surface area contributed by atoms with E-state index in [0.717, 1.165) is 6.07 Å². The molecule has 0 heterocycles. The number of hydrogen-bond acceptors (Lipinski definition) is 3. The number of carbonyl (C=O) groups excluding carboxylic acids is 1. The Balaban J connectivity index is 2.87. The number of carbonyl (C=O) groups is 1. The van der Waals surface area contributed by atoms with E-state index in [4.69, 9.17) is 10.8 Å². The van der Waals surface area contributed by atoms with Crippen molar-refractivity contribution in [2.75, 3.05) is 12.3 Å². The first-order valence-electron chi connectivity index (χ1n) is 5.90. The molecule has 0 saturated carbocycles. The fourth-order valence-corrected chi connectivity index (χ4v) is 1.63. The highest BCUT2D eigenvalue weighted by atomic mass is 19.1. The molecule has 0 aliphatic rings. The first-order valence-corrected chi connectivity index (χ1v) is 5.90. The van der Waals surface area contributed by atoms with Crippen LogP contribution in [0.4, 0.5) is 10.1 Å². The normalized spacial score (nSPS) is 14.0. The summed E-state index contributed by atoms with van der Waals surface area (Å²) < 4.78 is 13.6. The zero-order valence-corrected chi connectivity index (χ0v) is 10.7. The van der Waals surface area contributed by atoms with Gasteiger partial charge in [0.1, 0.15) is 5.82 Å². The zero-order chi connectivity index (χ0) is 13.8. The van der Waals surface area contributed by atoms with Crippen LogP contribution in [0, 0.1) is 5.82 Å². The van der Waals surface area contributed by atoms with E-state index < -0.39 is 17.3 Å². The van der Waals surface area contributed by atoms with Gasteiger partial charge in [0.15, 0.2) is 0 Å². The van der Waals surface area contributed by atoms with Gasteiger partial charge < -0.3 is 16.2 Å². The number of aliphatic hydroxyl groups excluding tert-OH is 1. The summed E-state index contributed by atoms with van der Waals surface area (Å²) in [5.41, 5.74) is 5.12. The molecule has 4 N–H and O–H groups in total. The van der Waals surface area contributed by atoms with Crippen LogP contribution in [0.25, 0.3) is 0 Å². The van der Waals surface area contributed by atoms with Crippen LogP contribution >= 0.6 is 0 Å². The second-order valence-electron chi connectivity index (χ2n) is 4.58. The Morgan fingerprint density at radius 1 is 1.56 bits per heavy atom. The molecule has 0 saturated heterocycles. The Bertz CT molecular complexity index is 437. The molecule has 0 aliphatic carbocycles. The van der Waals surface area contributed by atoms with Gasteiger partial charge in [-0.25, -0.2) is 4.39 Å². The van der Waals surface area contributed by atoms with Crippen molar-refractivity contribution in [2.45, 2.75) is 32.2 Å². The maximum Gasteiger partial charge on any atom is 0.254 e. The van der Waals surface area contributed by atoms with E-state index in [0.29, 0.717) is 12.8 Å². The highest BCUT2D eigenvalue weighted by Crippen LogP contribution is 2.17. The van der Waals surface area contributed by atoms with Crippen LogP contribution < -0.4 is 11.1 Å². The van der Waals surface area contributed by atoms with Crippen molar-refractivity contribution >= 4 is 11.6 Å². The Kier molecular flexibility index (Phi) is 4.67. The topological polar surface area (TPSA) is 75.3 Å². The van der Waals surface area contributed by atoms with E-state index in [1.54, 1.807) is 0 Å². The van der Waals surface area contributed by atoms with Gasteiger partial charge in [-0.1, -0.05) is 6.92 Å². The Hall–Kier alpha value is -1.62. The minimum atomic E-state index is -0.644. The molecule has 1 rings (SSSR count). The van der Waals surface area contributed by atoms with Crippen LogP contribution in [0.1, 0.15) is 37.0 Å². The molecule has 1 unspecified atom stereocenters. The quantitative estimate of drug-likeness (QED) is 0.700. The van der Waals surface area contributed by atoms with Crippen LogP contribution in [0.3, 0.4) is 0 Å². The lowest BCUT2D eigenvalue weighted by Crippen LogP contribution is -2.46. The summed E-state index contributed by atoms with van der Waals surface area (Å²) in [7, 11) is 0. The average Bonchev–Trinajstić information content (AvgIpc) is 2.28. The highest BCUT2D eigenvalue weighted by Gasteiger charge is 2.25. The van der Waals surface area contributed by atoms with Crippen molar-refractivity contribution in [3.05, 3.63) is 29.6 Å². The van der Waals surface area contributed by atoms with E-state index in [1.165, 1.54) is 12.1 Å². The number of nitrogen functional groups attached to an aromatic ring is 1. The maximum absolute atomic E-state index is 13.6. The molecule has 0 spiro atoms. The van der Waals surface area contributed by atoms with Crippen molar-refractivity contribution in [1.29, 1.82) is 0 Å². The van der Waals surface area contributed by atoms with Crippen LogP contribution in [0.2, 0.25) is 0 Å². The van der Waals surface area contributed by atoms with Gasteiger partial charge in [0.25, 0.3) is 5.91 Å². The Morgan fingerprint density at radius 2 is 2.22 bits per heavy atom. The number of hydrogen-bond donors (Lipinski definition) is 3. The Morgan fingerprint density at radius 3 is 2.72 bits per heavy atom. The number of amides is 1. The average molecular weight is 254 g/mol. The molecule has 1 aromatic carbocycles. The van der Waals surface area contributed by atoms with Crippen LogP contribution in [-0.4, -0.2) is 23.2 Å². The molecule has 100 valence electrons. The lowest BCUT2D eigenvalue weighted by molar-refractivity contribution is 0.0882. The number of anilines is 1. The lowest BCUT2D eigenvalue weighted by Gasteiger charge is -2.29. The van der Waals surface area contributed by atoms with Gasteiger partial charge in [-0.3, -0.25) is 4.79 Å². The number of halogens is 1. The highest BCUT2D eigenvalue weighted by molar-refractivity contribution is 5.95. The van der Waals surface area contributed by atoms with E-state index in [1.807, 2.05) is 13.8 Å². The summed E-state index contributed by atoms with van der Waals surface area (Å²) in [6.45, 7) is 3.68. The molecule has 0 bridgehead atoms. The van der Waals surface area contributed by atoms with Gasteiger partial charge in [0.05, 0.1) is 5.56 Å². The maximum atomic E-state index is 13.6. The van der Waals surface area contributed by atoms with E-state index >= 15 is 0 Å². The number of rotatable bonds is 5. The first-order chi connectivity index (χ1) is 8.41. The van der Waals surface area contributed by atoms with Gasteiger partial charge in [0, 0.05) is 17.8 Å². The second kappa shape index (κ2) is 5.82.